The van der Waals surface area contributed by atoms with Gasteiger partial charge in [-0.25, -0.2) is 17.5 Å². The summed E-state index contributed by atoms with van der Waals surface area (Å²) >= 11 is 0. The van der Waals surface area contributed by atoms with Gasteiger partial charge >= 0.3 is 6.03 Å². The number of nitrogens with zero attached hydrogens (tertiary/aromatic N) is 3. The Hall–Kier alpha value is -1.64. The molecule has 4 aliphatic rings. The molecule has 7 nitrogen and oxygen atoms in total. The van der Waals surface area contributed by atoms with Crippen molar-refractivity contribution in [2.24, 2.45) is 5.92 Å². The third kappa shape index (κ3) is 4.34. The summed E-state index contributed by atoms with van der Waals surface area (Å²) in [6.45, 7) is 4.05. The number of sulfonamides is 1. The minimum atomic E-state index is -3.35. The SMILES string of the molecule is O=C1N(CC2CC2)CC2(CCOCC2)N1C1CCN(S(=O)(=O)Cc2ccccc2)CC1. The van der Waals surface area contributed by atoms with Gasteiger partial charge in [0, 0.05) is 45.4 Å². The predicted octanol–water partition coefficient (Wildman–Crippen LogP) is 2.68. The lowest BCUT2D eigenvalue weighted by Crippen LogP contribution is -2.57. The molecule has 5 rings (SSSR count). The summed E-state index contributed by atoms with van der Waals surface area (Å²) in [5.74, 6) is 0.711. The summed E-state index contributed by atoms with van der Waals surface area (Å²) in [6.07, 6.45) is 5.65. The third-order valence-corrected chi connectivity index (χ3v) is 9.30. The zero-order valence-electron chi connectivity index (χ0n) is 18.1. The van der Waals surface area contributed by atoms with Crippen LogP contribution in [0.4, 0.5) is 4.79 Å². The third-order valence-electron chi connectivity index (χ3n) is 7.45. The van der Waals surface area contributed by atoms with E-state index in [1.807, 2.05) is 30.3 Å². The molecule has 1 aromatic carbocycles. The average Bonchev–Trinajstić information content (AvgIpc) is 3.55. The van der Waals surface area contributed by atoms with E-state index in [4.69, 9.17) is 4.74 Å². The molecule has 4 fully saturated rings. The molecule has 170 valence electrons. The minimum Gasteiger partial charge on any atom is -0.381 e. The Balaban J connectivity index is 1.27. The standard InChI is InChI=1S/C23H33N3O4S/c27-22-24(16-19-6-7-19)18-23(10-14-30-15-11-23)26(22)21-8-12-25(13-9-21)31(28,29)17-20-4-2-1-3-5-20/h1-5,19,21H,6-18H2. The Morgan fingerprint density at radius 2 is 1.68 bits per heavy atom. The first kappa shape index (κ1) is 21.2. The van der Waals surface area contributed by atoms with Gasteiger partial charge in [0.05, 0.1) is 11.3 Å². The van der Waals surface area contributed by atoms with Crippen LogP contribution in [0.2, 0.25) is 0 Å². The summed E-state index contributed by atoms with van der Waals surface area (Å²) in [7, 11) is -3.35. The number of piperidine rings is 1. The van der Waals surface area contributed by atoms with Crippen molar-refractivity contribution < 1.29 is 17.9 Å². The van der Waals surface area contributed by atoms with Gasteiger partial charge in [-0.2, -0.15) is 0 Å². The lowest BCUT2D eigenvalue weighted by atomic mass is 9.86. The van der Waals surface area contributed by atoms with Crippen molar-refractivity contribution >= 4 is 16.1 Å². The van der Waals surface area contributed by atoms with Gasteiger partial charge in [-0.3, -0.25) is 0 Å². The lowest BCUT2D eigenvalue weighted by molar-refractivity contribution is -0.0131. The quantitative estimate of drug-likeness (QED) is 0.672. The smallest absolute Gasteiger partial charge is 0.320 e. The van der Waals surface area contributed by atoms with E-state index in [1.165, 1.54) is 12.8 Å². The number of hydrogen-bond acceptors (Lipinski definition) is 4. The maximum atomic E-state index is 13.4. The zero-order valence-corrected chi connectivity index (χ0v) is 18.9. The number of hydrogen-bond donors (Lipinski definition) is 0. The van der Waals surface area contributed by atoms with Crippen molar-refractivity contribution in [1.29, 1.82) is 0 Å². The first-order valence-corrected chi connectivity index (χ1v) is 13.3. The molecule has 0 atom stereocenters. The predicted molar refractivity (Wildman–Crippen MR) is 118 cm³/mol. The van der Waals surface area contributed by atoms with Crippen LogP contribution in [0.3, 0.4) is 0 Å². The fraction of sp³-hybridized carbons (Fsp3) is 0.696. The Kier molecular flexibility index (Phi) is 5.73. The highest BCUT2D eigenvalue weighted by atomic mass is 32.2. The normalized spacial score (nSPS) is 25.5. The van der Waals surface area contributed by atoms with E-state index in [-0.39, 0.29) is 23.4 Å². The van der Waals surface area contributed by atoms with Gasteiger partial charge in [-0.15, -0.1) is 0 Å². The molecule has 0 bridgehead atoms. The highest BCUT2D eigenvalue weighted by Crippen LogP contribution is 2.41. The van der Waals surface area contributed by atoms with Crippen molar-refractivity contribution in [2.45, 2.75) is 55.9 Å². The van der Waals surface area contributed by atoms with E-state index in [0.717, 1.165) is 31.5 Å². The van der Waals surface area contributed by atoms with Gasteiger partial charge in [-0.1, -0.05) is 30.3 Å². The summed E-state index contributed by atoms with van der Waals surface area (Å²) in [4.78, 5) is 17.7. The van der Waals surface area contributed by atoms with Crippen molar-refractivity contribution in [3.05, 3.63) is 35.9 Å². The summed E-state index contributed by atoms with van der Waals surface area (Å²) < 4.78 is 33.1. The first-order chi connectivity index (χ1) is 15.0. The van der Waals surface area contributed by atoms with Crippen LogP contribution in [0.1, 0.15) is 44.1 Å². The van der Waals surface area contributed by atoms with Gasteiger partial charge in [0.15, 0.2) is 0 Å². The fourth-order valence-corrected chi connectivity index (χ4v) is 7.12. The van der Waals surface area contributed by atoms with Crippen LogP contribution >= 0.6 is 0 Å². The van der Waals surface area contributed by atoms with Crippen LogP contribution in [0, 0.1) is 5.92 Å². The van der Waals surface area contributed by atoms with Gasteiger partial charge in [0.2, 0.25) is 10.0 Å². The summed E-state index contributed by atoms with van der Waals surface area (Å²) in [6, 6.07) is 9.63. The number of ether oxygens (including phenoxy) is 1. The van der Waals surface area contributed by atoms with Crippen molar-refractivity contribution in [1.82, 2.24) is 14.1 Å². The number of urea groups is 1. The second kappa shape index (κ2) is 8.37. The number of carbonyl (C=O) groups is 1. The molecule has 0 unspecified atom stereocenters. The first-order valence-electron chi connectivity index (χ1n) is 11.6. The van der Waals surface area contributed by atoms with Gasteiger partial charge in [0.25, 0.3) is 0 Å². The molecule has 3 saturated heterocycles. The minimum absolute atomic E-state index is 0.0393. The van der Waals surface area contributed by atoms with E-state index in [0.29, 0.717) is 45.1 Å². The maximum Gasteiger partial charge on any atom is 0.320 e. The number of rotatable bonds is 6. The zero-order chi connectivity index (χ0) is 21.5. The van der Waals surface area contributed by atoms with E-state index < -0.39 is 10.0 Å². The van der Waals surface area contributed by atoms with Crippen LogP contribution in [-0.2, 0) is 20.5 Å². The molecular formula is C23H33N3O4S. The topological polar surface area (TPSA) is 70.2 Å². The largest absolute Gasteiger partial charge is 0.381 e. The van der Waals surface area contributed by atoms with Crippen molar-refractivity contribution in [3.63, 3.8) is 0 Å². The van der Waals surface area contributed by atoms with E-state index in [2.05, 4.69) is 9.80 Å². The second-order valence-electron chi connectivity index (χ2n) is 9.69. The lowest BCUT2D eigenvalue weighted by Gasteiger charge is -2.46. The molecule has 2 amide bonds. The molecule has 3 aliphatic heterocycles. The molecule has 8 heteroatoms. The van der Waals surface area contributed by atoms with Crippen LogP contribution < -0.4 is 0 Å². The average molecular weight is 448 g/mol. The van der Waals surface area contributed by atoms with E-state index in [9.17, 15) is 13.2 Å². The van der Waals surface area contributed by atoms with E-state index >= 15 is 0 Å². The summed E-state index contributed by atoms with van der Waals surface area (Å²) in [5, 5.41) is 0. The molecule has 0 N–H and O–H groups in total. The molecule has 1 saturated carbocycles. The Labute approximate surface area is 185 Å². The molecule has 3 heterocycles. The van der Waals surface area contributed by atoms with Gasteiger partial charge < -0.3 is 14.5 Å². The molecule has 31 heavy (non-hydrogen) atoms. The molecule has 1 aliphatic carbocycles. The van der Waals surface area contributed by atoms with Crippen LogP contribution in [0.5, 0.6) is 0 Å². The van der Waals surface area contributed by atoms with Gasteiger partial charge in [0.1, 0.15) is 0 Å². The van der Waals surface area contributed by atoms with Crippen molar-refractivity contribution in [3.8, 4) is 0 Å². The van der Waals surface area contributed by atoms with Crippen LogP contribution in [0.25, 0.3) is 0 Å². The molecule has 1 spiro atoms. The molecular weight excluding hydrogens is 414 g/mol. The maximum absolute atomic E-state index is 13.4. The molecule has 0 radical (unpaired) electrons. The molecule has 0 aromatic heterocycles. The number of carbonyl (C=O) groups excluding carboxylic acids is 1. The van der Waals surface area contributed by atoms with Crippen molar-refractivity contribution in [2.75, 3.05) is 39.4 Å². The highest BCUT2D eigenvalue weighted by Gasteiger charge is 2.53. The Morgan fingerprint density at radius 3 is 2.32 bits per heavy atom. The van der Waals surface area contributed by atoms with Crippen LogP contribution in [0.15, 0.2) is 30.3 Å². The highest BCUT2D eigenvalue weighted by molar-refractivity contribution is 7.88. The second-order valence-corrected chi connectivity index (χ2v) is 11.7. The molecule has 1 aromatic rings. The monoisotopic (exact) mass is 447 g/mol. The van der Waals surface area contributed by atoms with Crippen LogP contribution in [-0.4, -0.2) is 79.5 Å². The summed E-state index contributed by atoms with van der Waals surface area (Å²) in [5.41, 5.74) is 0.677. The van der Waals surface area contributed by atoms with Gasteiger partial charge in [-0.05, 0) is 50.0 Å². The number of benzene rings is 1. The van der Waals surface area contributed by atoms with E-state index in [1.54, 1.807) is 4.31 Å². The Bertz CT molecular complexity index is 889. The fourth-order valence-electron chi connectivity index (χ4n) is 5.56. The number of amides is 2. The Morgan fingerprint density at radius 1 is 1.00 bits per heavy atom.